The third-order valence-electron chi connectivity index (χ3n) is 3.26. The van der Waals surface area contributed by atoms with Gasteiger partial charge in [-0.25, -0.2) is 0 Å². The molecule has 18 heavy (non-hydrogen) atoms. The smallest absolute Gasteiger partial charge is 0.222 e. The van der Waals surface area contributed by atoms with Crippen molar-refractivity contribution in [1.82, 2.24) is 15.6 Å². The lowest BCUT2D eigenvalue weighted by molar-refractivity contribution is -0.121. The highest BCUT2D eigenvalue weighted by molar-refractivity contribution is 5.86. The van der Waals surface area contributed by atoms with E-state index >= 15 is 0 Å². The Morgan fingerprint density at radius 3 is 3.00 bits per heavy atom. The average molecular weight is 245 g/mol. The van der Waals surface area contributed by atoms with Gasteiger partial charge in [-0.05, 0) is 18.2 Å². The van der Waals surface area contributed by atoms with Gasteiger partial charge in [0.15, 0.2) is 0 Å². The van der Waals surface area contributed by atoms with Crippen LogP contribution in [0.3, 0.4) is 0 Å². The summed E-state index contributed by atoms with van der Waals surface area (Å²) in [4.78, 5) is 14.8. The minimum absolute atomic E-state index is 0.0284. The van der Waals surface area contributed by atoms with Crippen LogP contribution < -0.4 is 10.6 Å². The zero-order valence-corrected chi connectivity index (χ0v) is 9.86. The highest BCUT2D eigenvalue weighted by Gasteiger charge is 2.20. The standard InChI is InChI=1S/C13H15N3O2/c17-12-3-1-2-9-8(12)6-11(16-9)10-7-13(18)15-5-4-14-10/h1-3,6,10,14,16-17H,4-5,7H2,(H,15,18). The number of fused-ring (bicyclic) bond motifs is 1. The van der Waals surface area contributed by atoms with E-state index in [4.69, 9.17) is 0 Å². The van der Waals surface area contributed by atoms with Crippen molar-refractivity contribution in [1.29, 1.82) is 0 Å². The Bertz CT molecular complexity index is 591. The number of benzene rings is 1. The second kappa shape index (κ2) is 4.34. The SMILES string of the molecule is O=C1CC(c2cc3c(O)cccc3[nH]2)NCCN1. The van der Waals surface area contributed by atoms with Gasteiger partial charge in [-0.15, -0.1) is 0 Å². The van der Waals surface area contributed by atoms with Crippen molar-refractivity contribution < 1.29 is 9.90 Å². The van der Waals surface area contributed by atoms with Crippen molar-refractivity contribution >= 4 is 16.8 Å². The Balaban J connectivity index is 1.98. The average Bonchev–Trinajstić information content (AvgIpc) is 2.67. The van der Waals surface area contributed by atoms with E-state index in [-0.39, 0.29) is 17.7 Å². The minimum Gasteiger partial charge on any atom is -0.507 e. The lowest BCUT2D eigenvalue weighted by Gasteiger charge is -2.12. The molecular formula is C13H15N3O2. The number of aromatic amines is 1. The van der Waals surface area contributed by atoms with E-state index < -0.39 is 0 Å². The number of phenolic OH excluding ortho intramolecular Hbond substituents is 1. The Morgan fingerprint density at radius 1 is 1.28 bits per heavy atom. The number of rotatable bonds is 1. The predicted octanol–water partition coefficient (Wildman–Crippen LogP) is 1.02. The summed E-state index contributed by atoms with van der Waals surface area (Å²) in [7, 11) is 0. The molecule has 1 aliphatic rings. The molecule has 1 amide bonds. The molecule has 5 heteroatoms. The molecule has 1 aromatic heterocycles. The van der Waals surface area contributed by atoms with Gasteiger partial charge in [-0.1, -0.05) is 6.07 Å². The largest absolute Gasteiger partial charge is 0.507 e. The van der Waals surface area contributed by atoms with Gasteiger partial charge in [0, 0.05) is 36.1 Å². The van der Waals surface area contributed by atoms with Gasteiger partial charge in [-0.3, -0.25) is 4.79 Å². The molecule has 1 unspecified atom stereocenters. The number of carbonyl (C=O) groups excluding carboxylic acids is 1. The van der Waals surface area contributed by atoms with Gasteiger partial charge >= 0.3 is 0 Å². The summed E-state index contributed by atoms with van der Waals surface area (Å²) in [5, 5.41) is 16.7. The van der Waals surface area contributed by atoms with Crippen LogP contribution in [0.2, 0.25) is 0 Å². The zero-order chi connectivity index (χ0) is 12.5. The lowest BCUT2D eigenvalue weighted by atomic mass is 10.1. The molecule has 4 N–H and O–H groups in total. The van der Waals surface area contributed by atoms with Crippen LogP contribution in [0.4, 0.5) is 0 Å². The molecule has 2 aromatic rings. The first kappa shape index (κ1) is 11.1. The molecule has 1 aliphatic heterocycles. The molecule has 0 bridgehead atoms. The van der Waals surface area contributed by atoms with Crippen molar-refractivity contribution in [2.45, 2.75) is 12.5 Å². The van der Waals surface area contributed by atoms with Gasteiger partial charge < -0.3 is 20.7 Å². The number of H-pyrrole nitrogens is 1. The number of nitrogens with one attached hydrogen (secondary N) is 3. The van der Waals surface area contributed by atoms with E-state index in [0.29, 0.717) is 13.0 Å². The van der Waals surface area contributed by atoms with Crippen LogP contribution in [0.5, 0.6) is 5.75 Å². The number of aromatic nitrogens is 1. The normalized spacial score (nSPS) is 20.7. The number of phenols is 1. The van der Waals surface area contributed by atoms with E-state index in [1.54, 1.807) is 12.1 Å². The minimum atomic E-state index is -0.0284. The molecule has 1 fully saturated rings. The fourth-order valence-corrected chi connectivity index (χ4v) is 2.35. The third kappa shape index (κ3) is 1.93. The van der Waals surface area contributed by atoms with Crippen molar-refractivity contribution in [2.75, 3.05) is 13.1 Å². The maximum atomic E-state index is 11.5. The van der Waals surface area contributed by atoms with E-state index in [0.717, 1.165) is 23.1 Å². The molecule has 3 rings (SSSR count). The molecule has 1 aromatic carbocycles. The maximum Gasteiger partial charge on any atom is 0.222 e. The summed E-state index contributed by atoms with van der Waals surface area (Å²) < 4.78 is 0. The monoisotopic (exact) mass is 245 g/mol. The maximum absolute atomic E-state index is 11.5. The van der Waals surface area contributed by atoms with E-state index in [1.165, 1.54) is 0 Å². The van der Waals surface area contributed by atoms with Crippen LogP contribution in [0.15, 0.2) is 24.3 Å². The Labute approximate surface area is 104 Å². The molecule has 0 radical (unpaired) electrons. The van der Waals surface area contributed by atoms with Crippen LogP contribution in [0.1, 0.15) is 18.2 Å². The molecule has 2 heterocycles. The molecule has 1 atom stereocenters. The number of hydrogen-bond donors (Lipinski definition) is 4. The first-order valence-electron chi connectivity index (χ1n) is 6.05. The molecular weight excluding hydrogens is 230 g/mol. The molecule has 5 nitrogen and oxygen atoms in total. The van der Waals surface area contributed by atoms with Gasteiger partial charge in [-0.2, -0.15) is 0 Å². The van der Waals surface area contributed by atoms with E-state index in [2.05, 4.69) is 15.6 Å². The van der Waals surface area contributed by atoms with Gasteiger partial charge in [0.1, 0.15) is 5.75 Å². The Morgan fingerprint density at radius 2 is 2.17 bits per heavy atom. The second-order valence-corrected chi connectivity index (χ2v) is 4.52. The fourth-order valence-electron chi connectivity index (χ4n) is 2.35. The summed E-state index contributed by atoms with van der Waals surface area (Å²) >= 11 is 0. The second-order valence-electron chi connectivity index (χ2n) is 4.52. The lowest BCUT2D eigenvalue weighted by Crippen LogP contribution is -2.24. The summed E-state index contributed by atoms with van der Waals surface area (Å²) in [6.45, 7) is 1.40. The number of aromatic hydroxyl groups is 1. The number of amides is 1. The molecule has 0 aliphatic carbocycles. The first-order chi connectivity index (χ1) is 8.74. The van der Waals surface area contributed by atoms with Gasteiger partial charge in [0.25, 0.3) is 0 Å². The van der Waals surface area contributed by atoms with Crippen LogP contribution in [-0.2, 0) is 4.79 Å². The quantitative estimate of drug-likeness (QED) is 0.606. The van der Waals surface area contributed by atoms with Gasteiger partial charge in [0.05, 0.1) is 6.04 Å². The van der Waals surface area contributed by atoms with Crippen LogP contribution in [-0.4, -0.2) is 29.1 Å². The topological polar surface area (TPSA) is 77.1 Å². The van der Waals surface area contributed by atoms with Crippen molar-refractivity contribution in [3.05, 3.63) is 30.0 Å². The van der Waals surface area contributed by atoms with Crippen molar-refractivity contribution in [2.24, 2.45) is 0 Å². The number of carbonyl (C=O) groups is 1. The summed E-state index contributed by atoms with van der Waals surface area (Å²) in [5.74, 6) is 0.306. The van der Waals surface area contributed by atoms with E-state index in [9.17, 15) is 9.90 Å². The highest BCUT2D eigenvalue weighted by Crippen LogP contribution is 2.28. The van der Waals surface area contributed by atoms with Crippen molar-refractivity contribution in [3.63, 3.8) is 0 Å². The first-order valence-corrected chi connectivity index (χ1v) is 6.05. The third-order valence-corrected chi connectivity index (χ3v) is 3.26. The van der Waals surface area contributed by atoms with Crippen molar-refractivity contribution in [3.8, 4) is 5.75 Å². The predicted molar refractivity (Wildman–Crippen MR) is 68.3 cm³/mol. The molecule has 0 spiro atoms. The van der Waals surface area contributed by atoms with Crippen LogP contribution in [0.25, 0.3) is 10.9 Å². The summed E-state index contributed by atoms with van der Waals surface area (Å²) in [5.41, 5.74) is 1.82. The number of hydrogen-bond acceptors (Lipinski definition) is 3. The Kier molecular flexibility index (Phi) is 2.68. The molecule has 94 valence electrons. The zero-order valence-electron chi connectivity index (χ0n) is 9.86. The molecule has 0 saturated carbocycles. The van der Waals surface area contributed by atoms with E-state index in [1.807, 2.05) is 12.1 Å². The van der Waals surface area contributed by atoms with Crippen LogP contribution in [0, 0.1) is 0 Å². The highest BCUT2D eigenvalue weighted by atomic mass is 16.3. The summed E-state index contributed by atoms with van der Waals surface area (Å²) in [6.07, 6.45) is 0.410. The Hall–Kier alpha value is -2.01. The fraction of sp³-hybridized carbons (Fsp3) is 0.308. The van der Waals surface area contributed by atoms with Crippen LogP contribution >= 0.6 is 0 Å². The molecule has 1 saturated heterocycles. The summed E-state index contributed by atoms with van der Waals surface area (Å²) in [6, 6.07) is 7.24. The van der Waals surface area contributed by atoms with Gasteiger partial charge in [0.2, 0.25) is 5.91 Å².